The van der Waals surface area contributed by atoms with Crippen LogP contribution in [0.2, 0.25) is 0 Å². The molecule has 0 bridgehead atoms. The Labute approximate surface area is 238 Å². The molecule has 1 N–H and O–H groups in total. The number of anilines is 1. The number of carbonyl (C=O) groups is 2. The third-order valence-corrected chi connectivity index (χ3v) is 8.36. The van der Waals surface area contributed by atoms with Crippen LogP contribution >= 0.6 is 0 Å². The molecule has 0 aliphatic heterocycles. The SMILES string of the molecule is COc1ccc(CN(C(=O)CN(c2ccc(C)cc2)S(=O)(=O)c2ccc(C)cc2)C(C)C(=O)NCC(C)C)cc1. The van der Waals surface area contributed by atoms with E-state index in [9.17, 15) is 18.0 Å². The number of nitrogens with zero attached hydrogens (tertiary/aromatic N) is 2. The van der Waals surface area contributed by atoms with Crippen molar-refractivity contribution in [3.63, 3.8) is 0 Å². The lowest BCUT2D eigenvalue weighted by Gasteiger charge is -2.32. The zero-order valence-corrected chi connectivity index (χ0v) is 24.9. The molecule has 214 valence electrons. The Bertz CT molecular complexity index is 1390. The first-order chi connectivity index (χ1) is 18.9. The first kappa shape index (κ1) is 30.7. The molecule has 0 saturated heterocycles. The number of methoxy groups -OCH3 is 1. The van der Waals surface area contributed by atoms with Gasteiger partial charge in [-0.3, -0.25) is 13.9 Å². The molecule has 1 unspecified atom stereocenters. The van der Waals surface area contributed by atoms with Crippen LogP contribution < -0.4 is 14.4 Å². The third-order valence-electron chi connectivity index (χ3n) is 6.57. The van der Waals surface area contributed by atoms with Gasteiger partial charge in [-0.2, -0.15) is 0 Å². The van der Waals surface area contributed by atoms with E-state index in [1.54, 1.807) is 62.6 Å². The molecule has 0 saturated carbocycles. The molecule has 0 aliphatic carbocycles. The number of amides is 2. The predicted octanol–water partition coefficient (Wildman–Crippen LogP) is 4.70. The molecule has 8 nitrogen and oxygen atoms in total. The van der Waals surface area contributed by atoms with Crippen molar-refractivity contribution in [1.29, 1.82) is 0 Å². The fourth-order valence-corrected chi connectivity index (χ4v) is 5.45. The van der Waals surface area contributed by atoms with Gasteiger partial charge in [0, 0.05) is 13.1 Å². The molecule has 0 aliphatic rings. The number of sulfonamides is 1. The van der Waals surface area contributed by atoms with E-state index in [0.29, 0.717) is 18.0 Å². The minimum absolute atomic E-state index is 0.0795. The Morgan fingerprint density at radius 1 is 0.850 bits per heavy atom. The summed E-state index contributed by atoms with van der Waals surface area (Å²) >= 11 is 0. The molecular weight excluding hydrogens is 526 g/mol. The molecule has 40 heavy (non-hydrogen) atoms. The molecule has 0 spiro atoms. The lowest BCUT2D eigenvalue weighted by atomic mass is 10.1. The molecule has 0 radical (unpaired) electrons. The number of ether oxygens (including phenoxy) is 1. The Morgan fingerprint density at radius 3 is 1.93 bits per heavy atom. The zero-order valence-electron chi connectivity index (χ0n) is 24.0. The Balaban J connectivity index is 2.00. The molecule has 3 aromatic rings. The molecular formula is C31H39N3O5S. The summed E-state index contributed by atoms with van der Waals surface area (Å²) in [5.41, 5.74) is 3.02. The van der Waals surface area contributed by atoms with E-state index in [2.05, 4.69) is 5.32 Å². The van der Waals surface area contributed by atoms with Gasteiger partial charge in [-0.05, 0) is 68.7 Å². The molecule has 0 heterocycles. The van der Waals surface area contributed by atoms with E-state index in [0.717, 1.165) is 21.0 Å². The quantitative estimate of drug-likeness (QED) is 0.344. The van der Waals surface area contributed by atoms with Crippen LogP contribution in [0.1, 0.15) is 37.5 Å². The minimum atomic E-state index is -4.09. The van der Waals surface area contributed by atoms with Gasteiger partial charge in [0.15, 0.2) is 0 Å². The number of aryl methyl sites for hydroxylation is 2. The second kappa shape index (κ2) is 13.5. The van der Waals surface area contributed by atoms with Crippen LogP contribution in [0.15, 0.2) is 77.7 Å². The summed E-state index contributed by atoms with van der Waals surface area (Å²) in [6.07, 6.45) is 0. The van der Waals surface area contributed by atoms with Crippen molar-refractivity contribution in [3.8, 4) is 5.75 Å². The Kier molecular flexibility index (Phi) is 10.3. The maximum absolute atomic E-state index is 14.0. The van der Waals surface area contributed by atoms with E-state index >= 15 is 0 Å². The second-order valence-corrected chi connectivity index (χ2v) is 12.2. The van der Waals surface area contributed by atoms with Gasteiger partial charge in [-0.1, -0.05) is 61.4 Å². The minimum Gasteiger partial charge on any atom is -0.497 e. The highest BCUT2D eigenvalue weighted by Crippen LogP contribution is 2.25. The third kappa shape index (κ3) is 7.85. The van der Waals surface area contributed by atoms with Gasteiger partial charge in [-0.25, -0.2) is 8.42 Å². The number of hydrogen-bond donors (Lipinski definition) is 1. The van der Waals surface area contributed by atoms with Crippen LogP contribution in [-0.4, -0.2) is 51.4 Å². The summed E-state index contributed by atoms with van der Waals surface area (Å²) < 4.78 is 34.1. The number of benzene rings is 3. The summed E-state index contributed by atoms with van der Waals surface area (Å²) in [5, 5.41) is 2.89. The number of hydrogen-bond acceptors (Lipinski definition) is 5. The van der Waals surface area contributed by atoms with Crippen molar-refractivity contribution in [1.82, 2.24) is 10.2 Å². The molecule has 9 heteroatoms. The maximum Gasteiger partial charge on any atom is 0.264 e. The highest BCUT2D eigenvalue weighted by Gasteiger charge is 2.32. The lowest BCUT2D eigenvalue weighted by Crippen LogP contribution is -2.51. The largest absolute Gasteiger partial charge is 0.497 e. The van der Waals surface area contributed by atoms with E-state index in [1.165, 1.54) is 17.0 Å². The van der Waals surface area contributed by atoms with Gasteiger partial charge < -0.3 is 15.0 Å². The Morgan fingerprint density at radius 2 is 1.40 bits per heavy atom. The first-order valence-corrected chi connectivity index (χ1v) is 14.7. The van der Waals surface area contributed by atoms with Crippen molar-refractivity contribution in [2.24, 2.45) is 5.92 Å². The van der Waals surface area contributed by atoms with Gasteiger partial charge in [0.05, 0.1) is 17.7 Å². The van der Waals surface area contributed by atoms with Gasteiger partial charge in [0.2, 0.25) is 11.8 Å². The van der Waals surface area contributed by atoms with E-state index in [-0.39, 0.29) is 23.3 Å². The van der Waals surface area contributed by atoms with Gasteiger partial charge >= 0.3 is 0 Å². The number of rotatable bonds is 12. The molecule has 3 aromatic carbocycles. The van der Waals surface area contributed by atoms with Gasteiger partial charge in [0.1, 0.15) is 18.3 Å². The summed E-state index contributed by atoms with van der Waals surface area (Å²) in [6, 6.07) is 19.8. The van der Waals surface area contributed by atoms with Crippen molar-refractivity contribution in [2.45, 2.75) is 52.1 Å². The van der Waals surface area contributed by atoms with E-state index in [4.69, 9.17) is 4.74 Å². The highest BCUT2D eigenvalue weighted by atomic mass is 32.2. The monoisotopic (exact) mass is 565 g/mol. The van der Waals surface area contributed by atoms with Crippen molar-refractivity contribution in [2.75, 3.05) is 24.5 Å². The maximum atomic E-state index is 14.0. The molecule has 0 aromatic heterocycles. The number of carbonyl (C=O) groups excluding carboxylic acids is 2. The molecule has 2 amide bonds. The van der Waals surface area contributed by atoms with Crippen LogP contribution in [0.4, 0.5) is 5.69 Å². The van der Waals surface area contributed by atoms with Gasteiger partial charge in [0.25, 0.3) is 10.0 Å². The van der Waals surface area contributed by atoms with E-state index in [1.807, 2.05) is 39.8 Å². The van der Waals surface area contributed by atoms with Crippen LogP contribution in [0.5, 0.6) is 5.75 Å². The summed E-state index contributed by atoms with van der Waals surface area (Å²) in [5.74, 6) is 0.0933. The van der Waals surface area contributed by atoms with Crippen molar-refractivity contribution < 1.29 is 22.7 Å². The first-order valence-electron chi connectivity index (χ1n) is 13.3. The Hall–Kier alpha value is -3.85. The zero-order chi connectivity index (χ0) is 29.4. The molecule has 1 atom stereocenters. The van der Waals surface area contributed by atoms with Gasteiger partial charge in [-0.15, -0.1) is 0 Å². The fourth-order valence-electron chi connectivity index (χ4n) is 4.04. The molecule has 0 fully saturated rings. The van der Waals surface area contributed by atoms with Crippen molar-refractivity contribution in [3.05, 3.63) is 89.5 Å². The standard InChI is InChI=1S/C31H39N3O5S/c1-22(2)19-32-31(36)25(5)33(20-26-11-15-28(39-6)16-12-26)30(35)21-34(27-13-7-23(3)8-14-27)40(37,38)29-17-9-24(4)10-18-29/h7-18,22,25H,19-21H2,1-6H3,(H,32,36). The van der Waals surface area contributed by atoms with Crippen LogP contribution in [0, 0.1) is 19.8 Å². The average molecular weight is 566 g/mol. The smallest absolute Gasteiger partial charge is 0.264 e. The summed E-state index contributed by atoms with van der Waals surface area (Å²) in [7, 11) is -2.52. The topological polar surface area (TPSA) is 96.0 Å². The lowest BCUT2D eigenvalue weighted by molar-refractivity contribution is -0.139. The van der Waals surface area contributed by atoms with Crippen LogP contribution in [-0.2, 0) is 26.2 Å². The second-order valence-electron chi connectivity index (χ2n) is 10.3. The fraction of sp³-hybridized carbons (Fsp3) is 0.355. The average Bonchev–Trinajstić information content (AvgIpc) is 2.93. The number of nitrogens with one attached hydrogen (secondary N) is 1. The highest BCUT2D eigenvalue weighted by molar-refractivity contribution is 7.92. The van der Waals surface area contributed by atoms with Crippen molar-refractivity contribution >= 4 is 27.5 Å². The summed E-state index contributed by atoms with van der Waals surface area (Å²) in [4.78, 5) is 28.5. The summed E-state index contributed by atoms with van der Waals surface area (Å²) in [6.45, 7) is 9.51. The van der Waals surface area contributed by atoms with Crippen LogP contribution in [0.3, 0.4) is 0 Å². The molecule has 3 rings (SSSR count). The normalized spacial score (nSPS) is 12.1. The van der Waals surface area contributed by atoms with Crippen LogP contribution in [0.25, 0.3) is 0 Å². The van der Waals surface area contributed by atoms with E-state index < -0.39 is 28.5 Å². The predicted molar refractivity (Wildman–Crippen MR) is 158 cm³/mol.